The lowest BCUT2D eigenvalue weighted by molar-refractivity contribution is -0.120. The minimum absolute atomic E-state index is 0.0234. The molecule has 24 heavy (non-hydrogen) atoms. The molecule has 0 saturated carbocycles. The third-order valence-electron chi connectivity index (χ3n) is 4.15. The van der Waals surface area contributed by atoms with Gasteiger partial charge in [-0.3, -0.25) is 9.69 Å². The van der Waals surface area contributed by atoms with Crippen LogP contribution in [0.15, 0.2) is 40.8 Å². The van der Waals surface area contributed by atoms with Gasteiger partial charge in [0.15, 0.2) is 0 Å². The molecule has 1 N–H and O–H groups in total. The zero-order chi connectivity index (χ0) is 16.9. The number of carbonyl (C=O) groups excluding carboxylic acids is 1. The fraction of sp³-hybridized carbons (Fsp3) is 0.333. The van der Waals surface area contributed by atoms with Crippen molar-refractivity contribution in [3.63, 3.8) is 0 Å². The SMILES string of the molecule is COc1ccc(NC(=O)[C@@H]2CCCN2Cc2ccc(C#N)o2)cc1. The number of ether oxygens (including phenoxy) is 1. The highest BCUT2D eigenvalue weighted by atomic mass is 16.5. The molecule has 1 fully saturated rings. The number of hydrogen-bond donors (Lipinski definition) is 1. The van der Waals surface area contributed by atoms with Gasteiger partial charge in [0, 0.05) is 5.69 Å². The summed E-state index contributed by atoms with van der Waals surface area (Å²) in [6, 6.07) is 12.5. The molecule has 0 bridgehead atoms. The molecule has 1 aromatic heterocycles. The molecule has 1 saturated heterocycles. The highest BCUT2D eigenvalue weighted by Crippen LogP contribution is 2.23. The van der Waals surface area contributed by atoms with Crippen LogP contribution in [0.1, 0.15) is 24.4 Å². The number of hydrogen-bond acceptors (Lipinski definition) is 5. The molecule has 0 unspecified atom stereocenters. The average Bonchev–Trinajstić information content (AvgIpc) is 3.25. The van der Waals surface area contributed by atoms with Crippen molar-refractivity contribution in [1.29, 1.82) is 5.26 Å². The summed E-state index contributed by atoms with van der Waals surface area (Å²) in [6.07, 6.45) is 1.78. The lowest BCUT2D eigenvalue weighted by Gasteiger charge is -2.22. The number of anilines is 1. The Balaban J connectivity index is 1.63. The van der Waals surface area contributed by atoms with Crippen LogP contribution in [0.4, 0.5) is 5.69 Å². The zero-order valence-electron chi connectivity index (χ0n) is 13.5. The van der Waals surface area contributed by atoms with E-state index in [1.54, 1.807) is 19.2 Å². The number of furan rings is 1. The van der Waals surface area contributed by atoms with Gasteiger partial charge in [-0.15, -0.1) is 0 Å². The molecule has 124 valence electrons. The van der Waals surface area contributed by atoms with E-state index < -0.39 is 0 Å². The molecule has 6 heteroatoms. The van der Waals surface area contributed by atoms with Crippen molar-refractivity contribution in [3.8, 4) is 11.8 Å². The van der Waals surface area contributed by atoms with Crippen molar-refractivity contribution in [2.75, 3.05) is 19.0 Å². The summed E-state index contributed by atoms with van der Waals surface area (Å²) in [5.74, 6) is 1.73. The van der Waals surface area contributed by atoms with E-state index in [4.69, 9.17) is 14.4 Å². The lowest BCUT2D eigenvalue weighted by Crippen LogP contribution is -2.39. The maximum atomic E-state index is 12.6. The Morgan fingerprint density at radius 2 is 2.17 bits per heavy atom. The summed E-state index contributed by atoms with van der Waals surface area (Å²) >= 11 is 0. The number of likely N-dealkylation sites (tertiary alicyclic amines) is 1. The third-order valence-corrected chi connectivity index (χ3v) is 4.15. The first kappa shape index (κ1) is 16.1. The minimum Gasteiger partial charge on any atom is -0.497 e. The minimum atomic E-state index is -0.192. The summed E-state index contributed by atoms with van der Waals surface area (Å²) in [7, 11) is 1.61. The van der Waals surface area contributed by atoms with E-state index in [1.165, 1.54) is 0 Å². The van der Waals surface area contributed by atoms with Gasteiger partial charge in [-0.05, 0) is 55.8 Å². The van der Waals surface area contributed by atoms with Gasteiger partial charge in [-0.25, -0.2) is 0 Å². The Hall–Kier alpha value is -2.78. The van der Waals surface area contributed by atoms with Crippen molar-refractivity contribution in [2.45, 2.75) is 25.4 Å². The summed E-state index contributed by atoms with van der Waals surface area (Å²) in [5, 5.41) is 11.8. The second kappa shape index (κ2) is 7.20. The van der Waals surface area contributed by atoms with Crippen LogP contribution in [-0.4, -0.2) is 30.5 Å². The molecule has 1 aromatic carbocycles. The second-order valence-electron chi connectivity index (χ2n) is 5.72. The number of carbonyl (C=O) groups is 1. The standard InChI is InChI=1S/C18H19N3O3/c1-23-14-6-4-13(5-7-14)20-18(22)17-3-2-10-21(17)12-16-9-8-15(11-19)24-16/h4-9,17H,2-3,10,12H2,1H3,(H,20,22)/t17-/m0/s1. The van der Waals surface area contributed by atoms with Crippen LogP contribution in [0.2, 0.25) is 0 Å². The van der Waals surface area contributed by atoms with E-state index in [9.17, 15) is 4.79 Å². The fourth-order valence-corrected chi connectivity index (χ4v) is 2.94. The monoisotopic (exact) mass is 325 g/mol. The van der Waals surface area contributed by atoms with Crippen molar-refractivity contribution in [2.24, 2.45) is 0 Å². The zero-order valence-corrected chi connectivity index (χ0v) is 13.5. The van der Waals surface area contributed by atoms with Gasteiger partial charge in [-0.2, -0.15) is 5.26 Å². The first-order valence-electron chi connectivity index (χ1n) is 7.87. The molecule has 2 aromatic rings. The molecule has 1 atom stereocenters. The van der Waals surface area contributed by atoms with Crippen LogP contribution >= 0.6 is 0 Å². The summed E-state index contributed by atoms with van der Waals surface area (Å²) in [4.78, 5) is 14.6. The average molecular weight is 325 g/mol. The van der Waals surface area contributed by atoms with Crippen LogP contribution in [0.25, 0.3) is 0 Å². The van der Waals surface area contributed by atoms with Gasteiger partial charge in [0.1, 0.15) is 17.6 Å². The van der Waals surface area contributed by atoms with Crippen LogP contribution in [0, 0.1) is 11.3 Å². The number of amides is 1. The van der Waals surface area contributed by atoms with E-state index in [-0.39, 0.29) is 11.9 Å². The Morgan fingerprint density at radius 1 is 1.38 bits per heavy atom. The van der Waals surface area contributed by atoms with Gasteiger partial charge in [0.25, 0.3) is 0 Å². The molecule has 1 aliphatic heterocycles. The highest BCUT2D eigenvalue weighted by molar-refractivity contribution is 5.95. The smallest absolute Gasteiger partial charge is 0.241 e. The predicted molar refractivity (Wildman–Crippen MR) is 88.5 cm³/mol. The van der Waals surface area contributed by atoms with Crippen LogP contribution in [0.5, 0.6) is 5.75 Å². The third kappa shape index (κ3) is 3.58. The van der Waals surface area contributed by atoms with E-state index in [2.05, 4.69) is 10.2 Å². The summed E-state index contributed by atoms with van der Waals surface area (Å²) < 4.78 is 10.5. The summed E-state index contributed by atoms with van der Waals surface area (Å²) in [6.45, 7) is 1.37. The molecule has 0 radical (unpaired) electrons. The maximum absolute atomic E-state index is 12.6. The first-order chi connectivity index (χ1) is 11.7. The number of benzene rings is 1. The Bertz CT molecular complexity index is 746. The normalized spacial score (nSPS) is 17.4. The van der Waals surface area contributed by atoms with Gasteiger partial charge >= 0.3 is 0 Å². The van der Waals surface area contributed by atoms with E-state index in [1.807, 2.05) is 30.3 Å². The van der Waals surface area contributed by atoms with E-state index in [0.29, 0.717) is 18.1 Å². The molecule has 1 aliphatic rings. The molecule has 2 heterocycles. The van der Waals surface area contributed by atoms with Crippen LogP contribution in [-0.2, 0) is 11.3 Å². The lowest BCUT2D eigenvalue weighted by atomic mass is 10.2. The van der Waals surface area contributed by atoms with Crippen molar-refractivity contribution >= 4 is 11.6 Å². The largest absolute Gasteiger partial charge is 0.497 e. The molecular weight excluding hydrogens is 306 g/mol. The molecule has 0 aliphatic carbocycles. The van der Waals surface area contributed by atoms with Crippen LogP contribution < -0.4 is 10.1 Å². The predicted octanol–water partition coefficient (Wildman–Crippen LogP) is 2.76. The molecule has 6 nitrogen and oxygen atoms in total. The maximum Gasteiger partial charge on any atom is 0.241 e. The number of nitriles is 1. The quantitative estimate of drug-likeness (QED) is 0.914. The van der Waals surface area contributed by atoms with E-state index >= 15 is 0 Å². The molecular formula is C18H19N3O3. The van der Waals surface area contributed by atoms with E-state index in [0.717, 1.165) is 30.8 Å². The molecule has 3 rings (SSSR count). The molecule has 1 amide bonds. The van der Waals surface area contributed by atoms with Crippen molar-refractivity contribution < 1.29 is 13.9 Å². The van der Waals surface area contributed by atoms with Gasteiger partial charge in [-0.1, -0.05) is 0 Å². The molecule has 0 spiro atoms. The second-order valence-corrected chi connectivity index (χ2v) is 5.72. The van der Waals surface area contributed by atoms with Crippen LogP contribution in [0.3, 0.4) is 0 Å². The van der Waals surface area contributed by atoms with Gasteiger partial charge in [0.2, 0.25) is 11.7 Å². The Kier molecular flexibility index (Phi) is 4.82. The highest BCUT2D eigenvalue weighted by Gasteiger charge is 2.31. The Morgan fingerprint density at radius 3 is 2.83 bits per heavy atom. The number of rotatable bonds is 5. The van der Waals surface area contributed by atoms with Crippen molar-refractivity contribution in [3.05, 3.63) is 47.9 Å². The van der Waals surface area contributed by atoms with Gasteiger partial charge in [0.05, 0.1) is 19.7 Å². The number of nitrogens with one attached hydrogen (secondary N) is 1. The fourth-order valence-electron chi connectivity index (χ4n) is 2.94. The van der Waals surface area contributed by atoms with Gasteiger partial charge < -0.3 is 14.5 Å². The topological polar surface area (TPSA) is 78.5 Å². The number of nitrogens with zero attached hydrogens (tertiary/aromatic N) is 2. The van der Waals surface area contributed by atoms with Crippen molar-refractivity contribution in [1.82, 2.24) is 4.90 Å². The Labute approximate surface area is 140 Å². The first-order valence-corrected chi connectivity index (χ1v) is 7.87. The number of methoxy groups -OCH3 is 1. The summed E-state index contributed by atoms with van der Waals surface area (Å²) in [5.41, 5.74) is 0.748.